The number of anilines is 1. The summed E-state index contributed by atoms with van der Waals surface area (Å²) in [7, 11) is 0. The van der Waals surface area contributed by atoms with Gasteiger partial charge in [0.1, 0.15) is 11.2 Å². The molecule has 3 heterocycles. The Labute approximate surface area is 162 Å². The van der Waals surface area contributed by atoms with Crippen molar-refractivity contribution in [1.82, 2.24) is 15.3 Å². The molecule has 3 aromatic rings. The van der Waals surface area contributed by atoms with Crippen LogP contribution < -0.4 is 10.7 Å². The molecule has 0 aliphatic carbocycles. The first-order chi connectivity index (χ1) is 13.1. The summed E-state index contributed by atoms with van der Waals surface area (Å²) in [6.07, 6.45) is 4.43. The molecule has 0 bridgehead atoms. The zero-order chi connectivity index (χ0) is 18.9. The highest BCUT2D eigenvalue weighted by atomic mass is 32.1. The van der Waals surface area contributed by atoms with Crippen LogP contribution in [-0.2, 0) is 18.4 Å². The average molecular weight is 382 g/mol. The van der Waals surface area contributed by atoms with Crippen LogP contribution in [0.2, 0.25) is 0 Å². The summed E-state index contributed by atoms with van der Waals surface area (Å²) in [4.78, 5) is 10.6. The minimum absolute atomic E-state index is 0.0847. The lowest BCUT2D eigenvalue weighted by Crippen LogP contribution is -2.23. The molecular weight excluding hydrogens is 358 g/mol. The number of hydrogen-bond donors (Lipinski definition) is 3. The number of hydrogen-bond acceptors (Lipinski definition) is 7. The Morgan fingerprint density at radius 2 is 2.19 bits per heavy atom. The number of aromatic nitrogens is 2. The number of fused-ring (bicyclic) bond motifs is 2. The van der Waals surface area contributed by atoms with Gasteiger partial charge in [-0.1, -0.05) is 26.0 Å². The van der Waals surface area contributed by atoms with Crippen molar-refractivity contribution in [3.63, 3.8) is 0 Å². The summed E-state index contributed by atoms with van der Waals surface area (Å²) in [5.41, 5.74) is 6.55. The van der Waals surface area contributed by atoms with Crippen molar-refractivity contribution in [2.45, 2.75) is 32.2 Å². The van der Waals surface area contributed by atoms with Gasteiger partial charge < -0.3 is 10.4 Å². The van der Waals surface area contributed by atoms with E-state index in [1.54, 1.807) is 11.3 Å². The molecule has 0 saturated heterocycles. The molecule has 0 atom stereocenters. The van der Waals surface area contributed by atoms with Crippen LogP contribution in [0.5, 0.6) is 0 Å². The van der Waals surface area contributed by atoms with Crippen molar-refractivity contribution < 1.29 is 5.11 Å². The molecule has 2 aromatic heterocycles. The number of nitrogens with one attached hydrogen (secondary N) is 2. The summed E-state index contributed by atoms with van der Waals surface area (Å²) in [5.74, 6) is 0.673. The van der Waals surface area contributed by atoms with Gasteiger partial charge in [0.25, 0.3) is 0 Å². The van der Waals surface area contributed by atoms with Crippen LogP contribution in [0.1, 0.15) is 35.4 Å². The van der Waals surface area contributed by atoms with Crippen LogP contribution in [0.25, 0.3) is 10.2 Å². The fraction of sp³-hybridized carbons (Fsp3) is 0.350. The van der Waals surface area contributed by atoms with Gasteiger partial charge in [0.2, 0.25) is 0 Å². The van der Waals surface area contributed by atoms with Crippen LogP contribution >= 0.6 is 11.3 Å². The standard InChI is InChI=1S/C20H23N5OS/c1-20(2,11-26)17-8-16-18(22-12-23-19(16)27-17)25-24-9-13-3-4-14-5-6-21-10-15(14)7-13/h3-4,7-9,12,21,26H,5-6,10-11H2,1-2H3,(H,22,23,25). The Balaban J connectivity index is 1.56. The lowest BCUT2D eigenvalue weighted by Gasteiger charge is -2.18. The van der Waals surface area contributed by atoms with E-state index in [-0.39, 0.29) is 12.0 Å². The number of benzene rings is 1. The van der Waals surface area contributed by atoms with E-state index in [4.69, 9.17) is 0 Å². The summed E-state index contributed by atoms with van der Waals surface area (Å²) < 4.78 is 0. The smallest absolute Gasteiger partial charge is 0.158 e. The molecule has 0 amide bonds. The van der Waals surface area contributed by atoms with Gasteiger partial charge in [0, 0.05) is 16.8 Å². The van der Waals surface area contributed by atoms with Crippen LogP contribution in [0, 0.1) is 0 Å². The fourth-order valence-corrected chi connectivity index (χ4v) is 4.20. The number of aliphatic hydroxyl groups is 1. The molecule has 0 saturated carbocycles. The van der Waals surface area contributed by atoms with Crippen molar-refractivity contribution in [2.24, 2.45) is 5.10 Å². The van der Waals surface area contributed by atoms with E-state index >= 15 is 0 Å². The van der Waals surface area contributed by atoms with E-state index in [0.717, 1.165) is 40.2 Å². The second-order valence-electron chi connectivity index (χ2n) is 7.42. The Morgan fingerprint density at radius 1 is 1.30 bits per heavy atom. The number of aliphatic hydroxyl groups excluding tert-OH is 1. The predicted octanol–water partition coefficient (Wildman–Crippen LogP) is 3.05. The van der Waals surface area contributed by atoms with E-state index in [1.165, 1.54) is 17.5 Å². The predicted molar refractivity (Wildman–Crippen MR) is 111 cm³/mol. The molecule has 0 unspecified atom stereocenters. The maximum Gasteiger partial charge on any atom is 0.158 e. The summed E-state index contributed by atoms with van der Waals surface area (Å²) in [6.45, 7) is 6.07. The molecule has 140 valence electrons. The molecule has 4 rings (SSSR count). The number of nitrogens with zero attached hydrogens (tertiary/aromatic N) is 3. The van der Waals surface area contributed by atoms with Gasteiger partial charge in [-0.2, -0.15) is 5.10 Å². The zero-order valence-corrected chi connectivity index (χ0v) is 16.3. The normalized spacial score (nSPS) is 14.6. The van der Waals surface area contributed by atoms with Gasteiger partial charge in [-0.25, -0.2) is 9.97 Å². The molecule has 7 heteroatoms. The Kier molecular flexibility index (Phi) is 4.90. The highest BCUT2D eigenvalue weighted by Gasteiger charge is 2.23. The third-order valence-electron chi connectivity index (χ3n) is 4.89. The first kappa shape index (κ1) is 18.0. The average Bonchev–Trinajstić information content (AvgIpc) is 3.14. The minimum Gasteiger partial charge on any atom is -0.395 e. The van der Waals surface area contributed by atoms with Crippen molar-refractivity contribution >= 4 is 33.6 Å². The van der Waals surface area contributed by atoms with Crippen molar-refractivity contribution in [2.75, 3.05) is 18.6 Å². The van der Waals surface area contributed by atoms with Gasteiger partial charge in [0.05, 0.1) is 18.2 Å². The van der Waals surface area contributed by atoms with Crippen LogP contribution in [-0.4, -0.2) is 34.4 Å². The van der Waals surface area contributed by atoms with Gasteiger partial charge in [-0.3, -0.25) is 5.43 Å². The second-order valence-corrected chi connectivity index (χ2v) is 8.45. The third-order valence-corrected chi connectivity index (χ3v) is 6.30. The van der Waals surface area contributed by atoms with E-state index in [9.17, 15) is 5.11 Å². The highest BCUT2D eigenvalue weighted by Crippen LogP contribution is 2.35. The van der Waals surface area contributed by atoms with Crippen molar-refractivity contribution in [3.8, 4) is 0 Å². The molecule has 0 fully saturated rings. The molecule has 6 nitrogen and oxygen atoms in total. The van der Waals surface area contributed by atoms with Crippen LogP contribution in [0.4, 0.5) is 5.82 Å². The summed E-state index contributed by atoms with van der Waals surface area (Å²) in [6, 6.07) is 8.49. The summed E-state index contributed by atoms with van der Waals surface area (Å²) >= 11 is 1.58. The van der Waals surface area contributed by atoms with Crippen LogP contribution in [0.15, 0.2) is 35.7 Å². The first-order valence-corrected chi connectivity index (χ1v) is 9.86. The van der Waals surface area contributed by atoms with Gasteiger partial charge in [-0.15, -0.1) is 11.3 Å². The zero-order valence-electron chi connectivity index (χ0n) is 15.5. The number of thiophene rings is 1. The van der Waals surface area contributed by atoms with E-state index in [2.05, 4.69) is 44.0 Å². The van der Waals surface area contributed by atoms with Gasteiger partial charge in [0.15, 0.2) is 5.82 Å². The topological polar surface area (TPSA) is 82.4 Å². The van der Waals surface area contributed by atoms with Crippen LogP contribution in [0.3, 0.4) is 0 Å². The van der Waals surface area contributed by atoms with E-state index < -0.39 is 0 Å². The minimum atomic E-state index is -0.303. The van der Waals surface area contributed by atoms with Crippen molar-refractivity contribution in [1.29, 1.82) is 0 Å². The van der Waals surface area contributed by atoms with Gasteiger partial charge in [-0.05, 0) is 41.8 Å². The largest absolute Gasteiger partial charge is 0.395 e. The maximum absolute atomic E-state index is 9.62. The molecule has 27 heavy (non-hydrogen) atoms. The number of rotatable bonds is 5. The van der Waals surface area contributed by atoms with Gasteiger partial charge >= 0.3 is 0 Å². The monoisotopic (exact) mass is 381 g/mol. The molecule has 1 aliphatic rings. The Bertz CT molecular complexity index is 995. The first-order valence-electron chi connectivity index (χ1n) is 9.04. The second kappa shape index (κ2) is 7.34. The lowest BCUT2D eigenvalue weighted by atomic mass is 9.93. The highest BCUT2D eigenvalue weighted by molar-refractivity contribution is 7.18. The molecule has 0 spiro atoms. The third kappa shape index (κ3) is 3.71. The Hall–Kier alpha value is -2.35. The molecule has 1 aromatic carbocycles. The van der Waals surface area contributed by atoms with E-state index in [0.29, 0.717) is 5.82 Å². The molecule has 1 aliphatic heterocycles. The molecular formula is C20H23N5OS. The number of hydrazone groups is 1. The van der Waals surface area contributed by atoms with E-state index in [1.807, 2.05) is 26.1 Å². The SMILES string of the molecule is CC(C)(CO)c1cc2c(NN=Cc3ccc4c(c3)CNCC4)ncnc2s1. The molecule has 0 radical (unpaired) electrons. The fourth-order valence-electron chi connectivity index (χ4n) is 3.10. The Morgan fingerprint density at radius 3 is 3.04 bits per heavy atom. The lowest BCUT2D eigenvalue weighted by molar-refractivity contribution is 0.221. The quantitative estimate of drug-likeness (QED) is 0.467. The summed E-state index contributed by atoms with van der Waals surface area (Å²) in [5, 5.41) is 18.3. The molecule has 3 N–H and O–H groups in total. The maximum atomic E-state index is 9.62. The van der Waals surface area contributed by atoms with Crippen molar-refractivity contribution in [3.05, 3.63) is 52.2 Å².